The average Bonchev–Trinajstić information content (AvgIpc) is 2.36. The van der Waals surface area contributed by atoms with E-state index in [-0.39, 0.29) is 34.2 Å². The van der Waals surface area contributed by atoms with Gasteiger partial charge in [0.15, 0.2) is 5.75 Å². The van der Waals surface area contributed by atoms with E-state index in [1.54, 1.807) is 0 Å². The van der Waals surface area contributed by atoms with Crippen molar-refractivity contribution in [2.75, 3.05) is 13.7 Å². The van der Waals surface area contributed by atoms with Crippen molar-refractivity contribution in [3.63, 3.8) is 0 Å². The molecule has 0 radical (unpaired) electrons. The lowest BCUT2D eigenvalue weighted by molar-refractivity contribution is 0.0692. The van der Waals surface area contributed by atoms with Crippen LogP contribution in [0.15, 0.2) is 17.0 Å². The van der Waals surface area contributed by atoms with Crippen LogP contribution in [0.25, 0.3) is 0 Å². The van der Waals surface area contributed by atoms with Gasteiger partial charge in [0.2, 0.25) is 10.0 Å². The third kappa shape index (κ3) is 4.57. The van der Waals surface area contributed by atoms with Crippen molar-refractivity contribution in [3.05, 3.63) is 22.7 Å². The molecule has 1 aromatic carbocycles. The standard InChI is InChI=1S/C12H16ClNO6S/c1-7(15)3-4-14-21(18,19)10-6-8(13)5-9(12(16)17)11(10)20-2/h5-7,14-15H,3-4H2,1-2H3,(H,16,17). The minimum absolute atomic E-state index is 0.00191. The molecule has 0 saturated heterocycles. The van der Waals surface area contributed by atoms with Gasteiger partial charge in [-0.1, -0.05) is 11.6 Å². The van der Waals surface area contributed by atoms with Gasteiger partial charge >= 0.3 is 5.97 Å². The molecule has 1 unspecified atom stereocenters. The molecular formula is C12H16ClNO6S. The van der Waals surface area contributed by atoms with Crippen molar-refractivity contribution in [2.24, 2.45) is 0 Å². The second-order valence-corrected chi connectivity index (χ2v) is 6.50. The number of aliphatic hydroxyl groups excluding tert-OH is 1. The molecule has 0 aliphatic heterocycles. The summed E-state index contributed by atoms with van der Waals surface area (Å²) in [6, 6.07) is 2.22. The molecule has 0 aliphatic carbocycles. The van der Waals surface area contributed by atoms with E-state index in [1.165, 1.54) is 14.0 Å². The number of carboxylic acids is 1. The molecular weight excluding hydrogens is 322 g/mol. The smallest absolute Gasteiger partial charge is 0.339 e. The van der Waals surface area contributed by atoms with Crippen LogP contribution in [0.2, 0.25) is 5.02 Å². The normalized spacial score (nSPS) is 13.0. The van der Waals surface area contributed by atoms with Gasteiger partial charge in [0.05, 0.1) is 13.2 Å². The molecule has 0 fully saturated rings. The summed E-state index contributed by atoms with van der Waals surface area (Å²) in [5.74, 6) is -1.65. The van der Waals surface area contributed by atoms with Crippen LogP contribution in [0.1, 0.15) is 23.7 Å². The van der Waals surface area contributed by atoms with Crippen molar-refractivity contribution < 1.29 is 28.2 Å². The molecule has 9 heteroatoms. The van der Waals surface area contributed by atoms with E-state index >= 15 is 0 Å². The zero-order valence-corrected chi connectivity index (χ0v) is 13.0. The Kier molecular flexibility index (Phi) is 5.97. The van der Waals surface area contributed by atoms with Gasteiger partial charge in [-0.25, -0.2) is 17.9 Å². The van der Waals surface area contributed by atoms with Crippen molar-refractivity contribution >= 4 is 27.6 Å². The number of benzene rings is 1. The maximum atomic E-state index is 12.2. The fourth-order valence-electron chi connectivity index (χ4n) is 1.62. The minimum Gasteiger partial charge on any atom is -0.494 e. The maximum Gasteiger partial charge on any atom is 0.339 e. The second-order valence-electron chi connectivity index (χ2n) is 4.33. The molecule has 3 N–H and O–H groups in total. The largest absolute Gasteiger partial charge is 0.494 e. The molecule has 0 bridgehead atoms. The molecule has 1 atom stereocenters. The molecule has 0 aliphatic rings. The number of halogens is 1. The summed E-state index contributed by atoms with van der Waals surface area (Å²) >= 11 is 5.76. The molecule has 0 saturated carbocycles. The number of hydrogen-bond donors (Lipinski definition) is 3. The van der Waals surface area contributed by atoms with Crippen LogP contribution >= 0.6 is 11.6 Å². The first-order chi connectivity index (χ1) is 9.69. The number of rotatable bonds is 7. The first-order valence-corrected chi connectivity index (χ1v) is 7.83. The fourth-order valence-corrected chi connectivity index (χ4v) is 3.16. The number of nitrogens with one attached hydrogen (secondary N) is 1. The van der Waals surface area contributed by atoms with Gasteiger partial charge in [0.1, 0.15) is 10.5 Å². The Morgan fingerprint density at radius 3 is 2.57 bits per heavy atom. The van der Waals surface area contributed by atoms with E-state index in [2.05, 4.69) is 4.72 Å². The predicted octanol–water partition coefficient (Wildman–Crippen LogP) is 1.10. The summed E-state index contributed by atoms with van der Waals surface area (Å²) in [4.78, 5) is 10.8. The molecule has 0 spiro atoms. The Hall–Kier alpha value is -1.35. The van der Waals surface area contributed by atoms with E-state index in [1.807, 2.05) is 0 Å². The monoisotopic (exact) mass is 337 g/mol. The van der Waals surface area contributed by atoms with Crippen LogP contribution < -0.4 is 9.46 Å². The fraction of sp³-hybridized carbons (Fsp3) is 0.417. The van der Waals surface area contributed by atoms with Crippen molar-refractivity contribution in [1.29, 1.82) is 0 Å². The number of hydrogen-bond acceptors (Lipinski definition) is 5. The van der Waals surface area contributed by atoms with Gasteiger partial charge in [-0.05, 0) is 25.5 Å². The van der Waals surface area contributed by atoms with Crippen molar-refractivity contribution in [3.8, 4) is 5.75 Å². The molecule has 21 heavy (non-hydrogen) atoms. The Morgan fingerprint density at radius 2 is 2.10 bits per heavy atom. The maximum absolute atomic E-state index is 12.2. The summed E-state index contributed by atoms with van der Waals surface area (Å²) in [5, 5.41) is 18.2. The van der Waals surface area contributed by atoms with E-state index in [0.29, 0.717) is 0 Å². The predicted molar refractivity (Wildman–Crippen MR) is 76.4 cm³/mol. The lowest BCUT2D eigenvalue weighted by atomic mass is 10.2. The highest BCUT2D eigenvalue weighted by atomic mass is 35.5. The summed E-state index contributed by atoms with van der Waals surface area (Å²) in [5.41, 5.74) is -0.346. The number of aliphatic hydroxyl groups is 1. The van der Waals surface area contributed by atoms with Gasteiger partial charge in [-0.2, -0.15) is 0 Å². The minimum atomic E-state index is -4.01. The number of carboxylic acid groups (broad SMARTS) is 1. The highest BCUT2D eigenvalue weighted by Gasteiger charge is 2.25. The van der Waals surface area contributed by atoms with E-state index in [9.17, 15) is 13.2 Å². The molecule has 0 aromatic heterocycles. The van der Waals surface area contributed by atoms with Gasteiger partial charge in [-0.3, -0.25) is 0 Å². The Bertz CT molecular complexity index is 629. The highest BCUT2D eigenvalue weighted by molar-refractivity contribution is 7.89. The third-order valence-electron chi connectivity index (χ3n) is 2.60. The van der Waals surface area contributed by atoms with Gasteiger partial charge in [0, 0.05) is 11.6 Å². The number of methoxy groups -OCH3 is 1. The topological polar surface area (TPSA) is 113 Å². The first-order valence-electron chi connectivity index (χ1n) is 5.97. The Balaban J connectivity index is 3.25. The van der Waals surface area contributed by atoms with E-state index < -0.39 is 22.1 Å². The van der Waals surface area contributed by atoms with Crippen LogP contribution in [0.4, 0.5) is 0 Å². The molecule has 0 amide bonds. The SMILES string of the molecule is COc1c(C(=O)O)cc(Cl)cc1S(=O)(=O)NCCC(C)O. The summed E-state index contributed by atoms with van der Waals surface area (Å²) in [6.07, 6.45) is -0.447. The number of carbonyl (C=O) groups is 1. The van der Waals surface area contributed by atoms with Gasteiger partial charge in [0.25, 0.3) is 0 Å². The third-order valence-corrected chi connectivity index (χ3v) is 4.28. The zero-order chi connectivity index (χ0) is 16.2. The number of ether oxygens (including phenoxy) is 1. The summed E-state index contributed by atoms with van der Waals surface area (Å²) in [6.45, 7) is 1.52. The highest BCUT2D eigenvalue weighted by Crippen LogP contribution is 2.31. The molecule has 7 nitrogen and oxygen atoms in total. The number of sulfonamides is 1. The molecule has 1 aromatic rings. The van der Waals surface area contributed by atoms with E-state index in [0.717, 1.165) is 12.1 Å². The average molecular weight is 338 g/mol. The Morgan fingerprint density at radius 1 is 1.48 bits per heavy atom. The van der Waals surface area contributed by atoms with Crippen LogP contribution in [0.5, 0.6) is 5.75 Å². The van der Waals surface area contributed by atoms with Crippen molar-refractivity contribution in [2.45, 2.75) is 24.3 Å². The summed E-state index contributed by atoms with van der Waals surface area (Å²) in [7, 11) is -2.84. The molecule has 0 heterocycles. The quantitative estimate of drug-likeness (QED) is 0.686. The van der Waals surface area contributed by atoms with E-state index in [4.69, 9.17) is 26.6 Å². The van der Waals surface area contributed by atoms with Crippen LogP contribution in [-0.2, 0) is 10.0 Å². The zero-order valence-electron chi connectivity index (χ0n) is 11.5. The Labute approximate surface area is 127 Å². The lowest BCUT2D eigenvalue weighted by Crippen LogP contribution is -2.27. The van der Waals surface area contributed by atoms with Gasteiger partial charge < -0.3 is 14.9 Å². The molecule has 1 rings (SSSR count). The molecule has 118 valence electrons. The number of aromatic carboxylic acids is 1. The van der Waals surface area contributed by atoms with Crippen LogP contribution in [0, 0.1) is 0 Å². The first kappa shape index (κ1) is 17.7. The second kappa shape index (κ2) is 7.08. The van der Waals surface area contributed by atoms with Crippen molar-refractivity contribution in [1.82, 2.24) is 4.72 Å². The van der Waals surface area contributed by atoms with Crippen LogP contribution in [-0.4, -0.2) is 44.4 Å². The van der Waals surface area contributed by atoms with Gasteiger partial charge in [-0.15, -0.1) is 0 Å². The lowest BCUT2D eigenvalue weighted by Gasteiger charge is -2.13. The van der Waals surface area contributed by atoms with Crippen LogP contribution in [0.3, 0.4) is 0 Å². The summed E-state index contributed by atoms with van der Waals surface area (Å²) < 4.78 is 31.5.